The number of hydrogen-bond donors (Lipinski definition) is 1. The third-order valence-corrected chi connectivity index (χ3v) is 7.92. The number of aromatic nitrogens is 2. The predicted octanol–water partition coefficient (Wildman–Crippen LogP) is 5.99. The Kier molecular flexibility index (Phi) is 6.82. The van der Waals surface area contributed by atoms with Crippen LogP contribution in [0.1, 0.15) is 28.8 Å². The number of β-amino-alcohol motifs (C(OH)–C–C–N with tert-alkyl or cyclic N) is 1. The van der Waals surface area contributed by atoms with Gasteiger partial charge in [-0.1, -0.05) is 48.5 Å². The monoisotopic (exact) mass is 569 g/mol. The maximum atomic E-state index is 11.0. The molecule has 1 fully saturated rings. The van der Waals surface area contributed by atoms with Gasteiger partial charge in [0.1, 0.15) is 6.29 Å². The molecule has 0 bridgehead atoms. The van der Waals surface area contributed by atoms with Gasteiger partial charge in [0.15, 0.2) is 5.65 Å². The number of pyridine rings is 1. The lowest BCUT2D eigenvalue weighted by Crippen LogP contribution is -2.37. The Morgan fingerprint density at radius 2 is 1.85 bits per heavy atom. The molecule has 0 spiro atoms. The van der Waals surface area contributed by atoms with Crippen molar-refractivity contribution in [3.05, 3.63) is 78.1 Å². The van der Waals surface area contributed by atoms with Crippen LogP contribution in [0.4, 0.5) is 0 Å². The Bertz CT molecular complexity index is 1270. The quantitative estimate of drug-likeness (QED) is 0.229. The molecule has 1 N–H and O–H groups in total. The summed E-state index contributed by atoms with van der Waals surface area (Å²) in [6.45, 7) is 2.66. The minimum absolute atomic E-state index is 0.201. The fraction of sp³-hybridized carbons (Fsp3) is 0.231. The molecule has 2 aromatic heterocycles. The van der Waals surface area contributed by atoms with E-state index in [1.54, 1.807) is 9.12 Å². The van der Waals surface area contributed by atoms with Gasteiger partial charge >= 0.3 is 0 Å². The van der Waals surface area contributed by atoms with E-state index in [-0.39, 0.29) is 6.10 Å². The Morgan fingerprint density at radius 1 is 1.09 bits per heavy atom. The van der Waals surface area contributed by atoms with Gasteiger partial charge in [-0.25, -0.2) is 4.98 Å². The topological polar surface area (TPSA) is 58.4 Å². The third-order valence-electron chi connectivity index (χ3n) is 6.22. The van der Waals surface area contributed by atoms with Crippen LogP contribution in [0.25, 0.3) is 33.3 Å². The molecule has 0 saturated carbocycles. The number of fused-ring (bicyclic) bond motifs is 1. The number of aliphatic hydroxyl groups is 1. The molecular formula is C26H24IN3O2S. The first-order valence-electron chi connectivity index (χ1n) is 11.0. The maximum absolute atomic E-state index is 11.0. The zero-order chi connectivity index (χ0) is 22.8. The summed E-state index contributed by atoms with van der Waals surface area (Å²) >= 11 is 2.27. The van der Waals surface area contributed by atoms with Crippen molar-refractivity contribution in [3.63, 3.8) is 0 Å². The Morgan fingerprint density at radius 3 is 2.55 bits per heavy atom. The SMILES string of the molecule is O=Cc1ccc(-c2cn(SI)c3ncc(-c4ccc(CN5CCCC(O)C5)cc4)cc23)cc1. The summed E-state index contributed by atoms with van der Waals surface area (Å²) in [5.41, 5.74) is 7.21. The molecule has 0 aliphatic carbocycles. The summed E-state index contributed by atoms with van der Waals surface area (Å²) in [6, 6.07) is 18.5. The van der Waals surface area contributed by atoms with Gasteiger partial charge in [-0.05, 0) is 42.1 Å². The van der Waals surface area contributed by atoms with E-state index in [1.165, 1.54) is 5.56 Å². The fourth-order valence-corrected chi connectivity index (χ4v) is 5.75. The lowest BCUT2D eigenvalue weighted by atomic mass is 10.0. The lowest BCUT2D eigenvalue weighted by molar-refractivity contribution is 0.0668. The first kappa shape index (κ1) is 22.6. The van der Waals surface area contributed by atoms with Crippen LogP contribution in [0.3, 0.4) is 0 Å². The number of benzene rings is 2. The van der Waals surface area contributed by atoms with Gasteiger partial charge in [-0.3, -0.25) is 13.7 Å². The summed E-state index contributed by atoms with van der Waals surface area (Å²) in [6.07, 6.45) is 6.66. The molecular weight excluding hydrogens is 545 g/mol. The molecule has 1 unspecified atom stereocenters. The predicted molar refractivity (Wildman–Crippen MR) is 144 cm³/mol. The number of aldehydes is 1. The van der Waals surface area contributed by atoms with E-state index in [9.17, 15) is 9.90 Å². The van der Waals surface area contributed by atoms with E-state index in [0.29, 0.717) is 5.56 Å². The molecule has 1 saturated heterocycles. The average Bonchev–Trinajstić information content (AvgIpc) is 3.22. The average molecular weight is 569 g/mol. The van der Waals surface area contributed by atoms with Gasteiger partial charge in [0.25, 0.3) is 0 Å². The van der Waals surface area contributed by atoms with Crippen LogP contribution in [-0.4, -0.2) is 44.4 Å². The first-order chi connectivity index (χ1) is 16.1. The van der Waals surface area contributed by atoms with Crippen molar-refractivity contribution < 1.29 is 9.90 Å². The number of hydrogen-bond acceptors (Lipinski definition) is 5. The number of aliphatic hydroxyl groups excluding tert-OH is 1. The normalized spacial score (nSPS) is 16.8. The van der Waals surface area contributed by atoms with Crippen molar-refractivity contribution in [1.82, 2.24) is 13.9 Å². The largest absolute Gasteiger partial charge is 0.392 e. The number of piperidine rings is 1. The number of likely N-dealkylation sites (tertiary alicyclic amines) is 1. The van der Waals surface area contributed by atoms with Crippen molar-refractivity contribution in [2.75, 3.05) is 13.1 Å². The van der Waals surface area contributed by atoms with Crippen LogP contribution >= 0.6 is 30.3 Å². The minimum atomic E-state index is -0.201. The second-order valence-electron chi connectivity index (χ2n) is 8.50. The van der Waals surface area contributed by atoms with Gasteiger partial charge in [0, 0.05) is 77.9 Å². The molecule has 33 heavy (non-hydrogen) atoms. The Hall–Kier alpha value is -2.20. The van der Waals surface area contributed by atoms with Crippen molar-refractivity contribution in [2.24, 2.45) is 0 Å². The van der Waals surface area contributed by atoms with E-state index in [4.69, 9.17) is 4.98 Å². The second-order valence-corrected chi connectivity index (χ2v) is 10.2. The molecule has 0 amide bonds. The smallest absolute Gasteiger partial charge is 0.151 e. The molecule has 4 aromatic rings. The summed E-state index contributed by atoms with van der Waals surface area (Å²) in [7, 11) is 1.59. The van der Waals surface area contributed by atoms with Crippen LogP contribution in [0.5, 0.6) is 0 Å². The molecule has 7 heteroatoms. The van der Waals surface area contributed by atoms with Gasteiger partial charge in [-0.2, -0.15) is 0 Å². The van der Waals surface area contributed by atoms with Crippen molar-refractivity contribution in [2.45, 2.75) is 25.5 Å². The summed E-state index contributed by atoms with van der Waals surface area (Å²) in [5, 5.41) is 11.0. The van der Waals surface area contributed by atoms with E-state index in [0.717, 1.165) is 72.0 Å². The molecule has 3 heterocycles. The lowest BCUT2D eigenvalue weighted by Gasteiger charge is -2.29. The zero-order valence-corrected chi connectivity index (χ0v) is 21.0. The van der Waals surface area contributed by atoms with E-state index >= 15 is 0 Å². The van der Waals surface area contributed by atoms with Crippen molar-refractivity contribution in [3.8, 4) is 22.3 Å². The number of carbonyl (C=O) groups excluding carboxylic acids is 1. The zero-order valence-electron chi connectivity index (χ0n) is 18.0. The van der Waals surface area contributed by atoms with E-state index in [1.807, 2.05) is 30.5 Å². The van der Waals surface area contributed by atoms with E-state index in [2.05, 4.69) is 66.6 Å². The van der Waals surface area contributed by atoms with Crippen LogP contribution < -0.4 is 0 Å². The second kappa shape index (κ2) is 9.97. The molecule has 2 aromatic carbocycles. The molecule has 5 nitrogen and oxygen atoms in total. The highest BCUT2D eigenvalue weighted by molar-refractivity contribution is 14.2. The number of carbonyl (C=O) groups is 1. The number of nitrogens with zero attached hydrogens (tertiary/aromatic N) is 3. The molecule has 168 valence electrons. The van der Waals surface area contributed by atoms with E-state index < -0.39 is 0 Å². The standard InChI is InChI=1S/C26H24IN3O2S/c27-33-30-16-25(21-9-5-19(17-31)6-10-21)24-12-22(13-28-26(24)30)20-7-3-18(4-8-20)14-29-11-1-2-23(32)15-29/h3-10,12-13,16-17,23,32H,1-2,11,14-15H2. The minimum Gasteiger partial charge on any atom is -0.392 e. The number of rotatable bonds is 6. The van der Waals surface area contributed by atoms with Crippen molar-refractivity contribution >= 4 is 47.6 Å². The summed E-state index contributed by atoms with van der Waals surface area (Å²) in [4.78, 5) is 18.1. The third kappa shape index (κ3) is 4.87. The molecule has 1 atom stereocenters. The van der Waals surface area contributed by atoms with Crippen LogP contribution in [0.15, 0.2) is 67.0 Å². The Labute approximate surface area is 209 Å². The van der Waals surface area contributed by atoms with Gasteiger partial charge in [0.2, 0.25) is 0 Å². The van der Waals surface area contributed by atoms with Gasteiger partial charge < -0.3 is 5.11 Å². The van der Waals surface area contributed by atoms with Gasteiger partial charge in [-0.15, -0.1) is 0 Å². The Balaban J connectivity index is 1.45. The highest BCUT2D eigenvalue weighted by atomic mass is 127. The van der Waals surface area contributed by atoms with Crippen LogP contribution in [0.2, 0.25) is 0 Å². The molecule has 5 rings (SSSR count). The van der Waals surface area contributed by atoms with Gasteiger partial charge in [0.05, 0.1) is 6.10 Å². The maximum Gasteiger partial charge on any atom is 0.151 e. The number of halogens is 1. The molecule has 1 aliphatic heterocycles. The van der Waals surface area contributed by atoms with Crippen LogP contribution in [-0.2, 0) is 6.54 Å². The highest BCUT2D eigenvalue weighted by Crippen LogP contribution is 2.36. The molecule has 1 aliphatic rings. The van der Waals surface area contributed by atoms with Crippen molar-refractivity contribution in [1.29, 1.82) is 0 Å². The highest BCUT2D eigenvalue weighted by Gasteiger charge is 2.18. The van der Waals surface area contributed by atoms with Crippen LogP contribution in [0, 0.1) is 0 Å². The summed E-state index contributed by atoms with van der Waals surface area (Å²) in [5.74, 6) is 0. The molecule has 0 radical (unpaired) electrons. The first-order valence-corrected chi connectivity index (χ1v) is 14.3. The fourth-order valence-electron chi connectivity index (χ4n) is 4.50. The summed E-state index contributed by atoms with van der Waals surface area (Å²) < 4.78 is 2.07.